The Hall–Kier alpha value is -0.930. The molecule has 1 unspecified atom stereocenters. The Balaban J connectivity index is 3.16. The van der Waals surface area contributed by atoms with Crippen molar-refractivity contribution in [2.24, 2.45) is 5.11 Å². The van der Waals surface area contributed by atoms with Gasteiger partial charge in [-0.25, -0.2) is 0 Å². The molecule has 0 aliphatic heterocycles. The summed E-state index contributed by atoms with van der Waals surface area (Å²) in [5.74, 6) is 0. The quantitative estimate of drug-likeness (QED) is 0.484. The topological polar surface area (TPSA) is 69.0 Å². The highest BCUT2D eigenvalue weighted by Gasteiger charge is 2.13. The fourth-order valence-corrected chi connectivity index (χ4v) is 1.47. The minimum absolute atomic E-state index is 0.301. The van der Waals surface area contributed by atoms with E-state index in [9.17, 15) is 0 Å². The summed E-state index contributed by atoms with van der Waals surface area (Å²) in [6.45, 7) is -0.301. The van der Waals surface area contributed by atoms with E-state index in [2.05, 4.69) is 10.0 Å². The predicted octanol–water partition coefficient (Wildman–Crippen LogP) is 3.34. The second kappa shape index (κ2) is 5.08. The van der Waals surface area contributed by atoms with Crippen molar-refractivity contribution in [3.63, 3.8) is 0 Å². The van der Waals surface area contributed by atoms with Crippen LogP contribution in [0.1, 0.15) is 11.6 Å². The molecular formula is C8H7Cl2N3O. The van der Waals surface area contributed by atoms with E-state index in [0.717, 1.165) is 0 Å². The summed E-state index contributed by atoms with van der Waals surface area (Å²) in [7, 11) is 0. The molecule has 0 bridgehead atoms. The Morgan fingerprint density at radius 1 is 1.50 bits per heavy atom. The van der Waals surface area contributed by atoms with Gasteiger partial charge in [0.2, 0.25) is 0 Å². The highest BCUT2D eigenvalue weighted by Crippen LogP contribution is 2.31. The third-order valence-corrected chi connectivity index (χ3v) is 2.54. The fraction of sp³-hybridized carbons (Fsp3) is 0.250. The summed E-state index contributed by atoms with van der Waals surface area (Å²) in [6, 6.07) is 4.27. The number of halogens is 2. The van der Waals surface area contributed by atoms with Crippen LogP contribution in [0.2, 0.25) is 10.0 Å². The van der Waals surface area contributed by atoms with Crippen LogP contribution in [0.3, 0.4) is 0 Å². The molecule has 6 heteroatoms. The molecule has 1 rings (SSSR count). The van der Waals surface area contributed by atoms with Crippen molar-refractivity contribution in [1.82, 2.24) is 0 Å². The van der Waals surface area contributed by atoms with Crippen LogP contribution >= 0.6 is 23.2 Å². The summed E-state index contributed by atoms with van der Waals surface area (Å²) in [4.78, 5) is 2.62. The Kier molecular flexibility index (Phi) is 4.04. The highest BCUT2D eigenvalue weighted by atomic mass is 35.5. The van der Waals surface area contributed by atoms with Crippen molar-refractivity contribution < 1.29 is 5.11 Å². The van der Waals surface area contributed by atoms with E-state index in [0.29, 0.717) is 15.6 Å². The minimum Gasteiger partial charge on any atom is -0.396 e. The summed E-state index contributed by atoms with van der Waals surface area (Å²) >= 11 is 11.6. The van der Waals surface area contributed by atoms with Crippen LogP contribution in [0, 0.1) is 0 Å². The molecule has 0 spiro atoms. The van der Waals surface area contributed by atoms with Crippen LogP contribution in [0.5, 0.6) is 0 Å². The molecule has 0 amide bonds. The van der Waals surface area contributed by atoms with Crippen LogP contribution in [0.25, 0.3) is 10.4 Å². The normalized spacial score (nSPS) is 11.9. The first-order valence-electron chi connectivity index (χ1n) is 3.79. The molecule has 0 heterocycles. The molecule has 0 saturated carbocycles. The zero-order valence-electron chi connectivity index (χ0n) is 7.06. The van der Waals surface area contributed by atoms with Gasteiger partial charge in [0.1, 0.15) is 0 Å². The van der Waals surface area contributed by atoms with Crippen LogP contribution in [0.4, 0.5) is 0 Å². The number of rotatable bonds is 3. The first kappa shape index (κ1) is 11.1. The van der Waals surface area contributed by atoms with Crippen molar-refractivity contribution in [1.29, 1.82) is 0 Å². The largest absolute Gasteiger partial charge is 0.396 e. The highest BCUT2D eigenvalue weighted by molar-refractivity contribution is 6.42. The Morgan fingerprint density at radius 2 is 2.21 bits per heavy atom. The van der Waals surface area contributed by atoms with Gasteiger partial charge in [-0.15, -0.1) is 0 Å². The van der Waals surface area contributed by atoms with Gasteiger partial charge in [0.15, 0.2) is 0 Å². The molecule has 0 aliphatic rings. The molecular weight excluding hydrogens is 225 g/mol. The molecule has 1 aromatic rings. The number of hydrogen-bond donors (Lipinski definition) is 1. The second-order valence-electron chi connectivity index (χ2n) is 2.55. The number of aliphatic hydroxyl groups excluding tert-OH is 1. The van der Waals surface area contributed by atoms with Gasteiger partial charge in [0.25, 0.3) is 0 Å². The van der Waals surface area contributed by atoms with Gasteiger partial charge in [-0.3, -0.25) is 0 Å². The third-order valence-electron chi connectivity index (χ3n) is 1.70. The van der Waals surface area contributed by atoms with Crippen LogP contribution in [0.15, 0.2) is 23.3 Å². The third kappa shape index (κ3) is 2.30. The Labute approximate surface area is 90.7 Å². The van der Waals surface area contributed by atoms with Crippen molar-refractivity contribution in [2.45, 2.75) is 6.04 Å². The van der Waals surface area contributed by atoms with Crippen LogP contribution < -0.4 is 0 Å². The van der Waals surface area contributed by atoms with Crippen molar-refractivity contribution in [3.05, 3.63) is 44.3 Å². The van der Waals surface area contributed by atoms with Gasteiger partial charge < -0.3 is 5.11 Å². The standard InChI is InChI=1S/C8H7Cl2N3O/c9-6-3-1-2-5(8(6)10)7(4-14)12-13-11/h1-3,7,14H,4H2. The molecule has 0 aromatic heterocycles. The van der Waals surface area contributed by atoms with Crippen LogP contribution in [-0.4, -0.2) is 11.7 Å². The van der Waals surface area contributed by atoms with E-state index in [1.807, 2.05) is 0 Å². The lowest BCUT2D eigenvalue weighted by atomic mass is 10.1. The molecule has 4 nitrogen and oxygen atoms in total. The number of azide groups is 1. The van der Waals surface area contributed by atoms with Crippen LogP contribution in [-0.2, 0) is 0 Å². The van der Waals surface area contributed by atoms with E-state index in [-0.39, 0.29) is 6.61 Å². The number of nitrogens with zero attached hydrogens (tertiary/aromatic N) is 3. The van der Waals surface area contributed by atoms with Gasteiger partial charge in [-0.1, -0.05) is 40.4 Å². The predicted molar refractivity (Wildman–Crippen MR) is 55.4 cm³/mol. The average Bonchev–Trinajstić information content (AvgIpc) is 2.19. The first-order chi connectivity index (χ1) is 6.70. The van der Waals surface area contributed by atoms with E-state index < -0.39 is 6.04 Å². The SMILES string of the molecule is [N-]=[N+]=NC(CO)c1cccc(Cl)c1Cl. The lowest BCUT2D eigenvalue weighted by molar-refractivity contribution is 0.268. The smallest absolute Gasteiger partial charge is 0.0871 e. The summed E-state index contributed by atoms with van der Waals surface area (Å²) < 4.78 is 0. The molecule has 14 heavy (non-hydrogen) atoms. The maximum atomic E-state index is 8.96. The van der Waals surface area contributed by atoms with Gasteiger partial charge in [-0.05, 0) is 17.2 Å². The average molecular weight is 232 g/mol. The van der Waals surface area contributed by atoms with Gasteiger partial charge in [-0.2, -0.15) is 0 Å². The van der Waals surface area contributed by atoms with Gasteiger partial charge >= 0.3 is 0 Å². The van der Waals surface area contributed by atoms with Crippen molar-refractivity contribution in [2.75, 3.05) is 6.61 Å². The minimum atomic E-state index is -0.689. The Bertz CT molecular complexity index is 377. The van der Waals surface area contributed by atoms with E-state index in [4.69, 9.17) is 33.8 Å². The first-order valence-corrected chi connectivity index (χ1v) is 4.55. The lowest BCUT2D eigenvalue weighted by Gasteiger charge is -2.10. The molecule has 74 valence electrons. The summed E-state index contributed by atoms with van der Waals surface area (Å²) in [6.07, 6.45) is 0. The zero-order valence-corrected chi connectivity index (χ0v) is 8.57. The van der Waals surface area contributed by atoms with E-state index in [1.165, 1.54) is 0 Å². The van der Waals surface area contributed by atoms with Gasteiger partial charge in [0, 0.05) is 4.91 Å². The molecule has 0 radical (unpaired) electrons. The fourth-order valence-electron chi connectivity index (χ4n) is 1.04. The molecule has 1 N–H and O–H groups in total. The lowest BCUT2D eigenvalue weighted by Crippen LogP contribution is -2.00. The number of benzene rings is 1. The number of hydrogen-bond acceptors (Lipinski definition) is 2. The van der Waals surface area contributed by atoms with E-state index >= 15 is 0 Å². The molecule has 0 aliphatic carbocycles. The van der Waals surface area contributed by atoms with E-state index in [1.54, 1.807) is 18.2 Å². The molecule has 1 aromatic carbocycles. The summed E-state index contributed by atoms with van der Waals surface area (Å²) in [5, 5.41) is 13.0. The zero-order chi connectivity index (χ0) is 10.6. The maximum Gasteiger partial charge on any atom is 0.0871 e. The van der Waals surface area contributed by atoms with Crippen molar-refractivity contribution in [3.8, 4) is 0 Å². The molecule has 0 fully saturated rings. The van der Waals surface area contributed by atoms with Crippen molar-refractivity contribution >= 4 is 23.2 Å². The monoisotopic (exact) mass is 231 g/mol. The molecule has 0 saturated heterocycles. The Morgan fingerprint density at radius 3 is 2.79 bits per heavy atom. The number of aliphatic hydroxyl groups is 1. The maximum absolute atomic E-state index is 8.96. The second-order valence-corrected chi connectivity index (χ2v) is 3.33. The molecule has 1 atom stereocenters. The van der Waals surface area contributed by atoms with Gasteiger partial charge in [0.05, 0.1) is 22.7 Å². The summed E-state index contributed by atoms with van der Waals surface area (Å²) in [5.41, 5.74) is 8.79.